The molecule has 1 N–H and O–H groups in total. The van der Waals surface area contributed by atoms with Gasteiger partial charge in [-0.3, -0.25) is 4.79 Å². The molecule has 4 heteroatoms. The number of halogens is 1. The van der Waals surface area contributed by atoms with E-state index in [9.17, 15) is 14.3 Å². The van der Waals surface area contributed by atoms with Gasteiger partial charge >= 0.3 is 0 Å². The number of phenolic OH excluding ortho intramolecular Hbond substituents is 1. The summed E-state index contributed by atoms with van der Waals surface area (Å²) in [6.45, 7) is 0. The van der Waals surface area contributed by atoms with Crippen molar-refractivity contribution >= 4 is 11.4 Å². The Morgan fingerprint density at radius 2 is 2.05 bits per heavy atom. The molecule has 2 atom stereocenters. The molecule has 0 bridgehead atoms. The first-order valence-corrected chi connectivity index (χ1v) is 6.31. The molecule has 3 rings (SSSR count). The lowest BCUT2D eigenvalue weighted by molar-refractivity contribution is -0.118. The third kappa shape index (κ3) is 1.66. The molecule has 0 radical (unpaired) electrons. The first-order valence-electron chi connectivity index (χ1n) is 6.31. The van der Waals surface area contributed by atoms with Crippen LogP contribution in [-0.2, 0) is 4.79 Å². The van der Waals surface area contributed by atoms with Gasteiger partial charge in [0.05, 0.1) is 5.57 Å². The van der Waals surface area contributed by atoms with Crippen LogP contribution in [0.2, 0.25) is 0 Å². The first kappa shape index (κ1) is 11.9. The highest BCUT2D eigenvalue weighted by molar-refractivity contribution is 6.12. The Morgan fingerprint density at radius 1 is 1.32 bits per heavy atom. The fourth-order valence-corrected chi connectivity index (χ4v) is 3.30. The van der Waals surface area contributed by atoms with Gasteiger partial charge in [0.1, 0.15) is 17.6 Å². The minimum Gasteiger partial charge on any atom is -0.508 e. The summed E-state index contributed by atoms with van der Waals surface area (Å²) < 4.78 is 14.0. The molecule has 2 aliphatic rings. The molecule has 1 aromatic carbocycles. The summed E-state index contributed by atoms with van der Waals surface area (Å²) in [5.41, 5.74) is 0.906. The van der Waals surface area contributed by atoms with E-state index in [2.05, 4.69) is 0 Å². The van der Waals surface area contributed by atoms with Gasteiger partial charge in [-0.05, 0) is 36.5 Å². The van der Waals surface area contributed by atoms with E-state index in [0.29, 0.717) is 5.57 Å². The fraction of sp³-hybridized carbons (Fsp3) is 0.333. The molecule has 2 unspecified atom stereocenters. The summed E-state index contributed by atoms with van der Waals surface area (Å²) in [6.07, 6.45) is 2.53. The van der Waals surface area contributed by atoms with Crippen molar-refractivity contribution in [2.24, 2.45) is 11.8 Å². The number of phenols is 1. The van der Waals surface area contributed by atoms with Gasteiger partial charge in [-0.1, -0.05) is 6.42 Å². The Bertz CT molecular complexity index is 642. The highest BCUT2D eigenvalue weighted by Crippen LogP contribution is 2.49. The van der Waals surface area contributed by atoms with E-state index in [1.165, 1.54) is 12.1 Å². The topological polar surface area (TPSA) is 61.1 Å². The second kappa shape index (κ2) is 4.20. The Morgan fingerprint density at radius 3 is 2.74 bits per heavy atom. The van der Waals surface area contributed by atoms with Crippen LogP contribution < -0.4 is 0 Å². The van der Waals surface area contributed by atoms with Crippen molar-refractivity contribution < 1.29 is 14.3 Å². The number of carbonyl (C=O) groups is 1. The number of fused-ring (bicyclic) bond motifs is 1. The van der Waals surface area contributed by atoms with Gasteiger partial charge in [0, 0.05) is 17.5 Å². The van der Waals surface area contributed by atoms with Crippen LogP contribution in [0.1, 0.15) is 24.8 Å². The molecule has 2 aliphatic carbocycles. The lowest BCUT2D eigenvalue weighted by Crippen LogP contribution is -2.11. The number of hydrogen-bond acceptors (Lipinski definition) is 3. The SMILES string of the molecule is N#CC1=C(c2ccc(O)cc2F)C2CCCC2C1=O. The zero-order chi connectivity index (χ0) is 13.6. The van der Waals surface area contributed by atoms with Gasteiger partial charge in [0.25, 0.3) is 0 Å². The molecular formula is C15H12FNO2. The predicted octanol–water partition coefficient (Wildman–Crippen LogP) is 2.81. The standard InChI is InChI=1S/C15H12FNO2/c16-13-6-8(18)4-5-11(13)14-9-2-1-3-10(9)15(19)12(14)7-17/h4-6,9-10,18H,1-3H2. The maximum absolute atomic E-state index is 14.0. The Labute approximate surface area is 110 Å². The second-order valence-electron chi connectivity index (χ2n) is 5.07. The minimum absolute atomic E-state index is 0.0406. The molecule has 0 aromatic heterocycles. The monoisotopic (exact) mass is 257 g/mol. The van der Waals surface area contributed by atoms with Crippen molar-refractivity contribution in [3.63, 3.8) is 0 Å². The van der Waals surface area contributed by atoms with Crippen LogP contribution in [-0.4, -0.2) is 10.9 Å². The van der Waals surface area contributed by atoms with Crippen LogP contribution in [0.3, 0.4) is 0 Å². The third-order valence-corrected chi connectivity index (χ3v) is 4.09. The fourth-order valence-electron chi connectivity index (χ4n) is 3.30. The number of hydrogen-bond donors (Lipinski definition) is 1. The molecule has 0 spiro atoms. The van der Waals surface area contributed by atoms with Gasteiger partial charge in [-0.15, -0.1) is 0 Å². The molecule has 0 saturated heterocycles. The van der Waals surface area contributed by atoms with Crippen LogP contribution in [0.4, 0.5) is 4.39 Å². The second-order valence-corrected chi connectivity index (χ2v) is 5.07. The Kier molecular flexibility index (Phi) is 2.63. The molecule has 96 valence electrons. The summed E-state index contributed by atoms with van der Waals surface area (Å²) in [6, 6.07) is 5.78. The smallest absolute Gasteiger partial charge is 0.177 e. The first-order chi connectivity index (χ1) is 9.13. The molecule has 1 aromatic rings. The molecule has 1 fully saturated rings. The van der Waals surface area contributed by atoms with Crippen molar-refractivity contribution in [1.82, 2.24) is 0 Å². The average Bonchev–Trinajstić information content (AvgIpc) is 2.93. The molecule has 0 aliphatic heterocycles. The number of aromatic hydroxyl groups is 1. The maximum Gasteiger partial charge on any atom is 0.177 e. The summed E-state index contributed by atoms with van der Waals surface area (Å²) in [5, 5.41) is 18.4. The molecular weight excluding hydrogens is 245 g/mol. The molecule has 19 heavy (non-hydrogen) atoms. The van der Waals surface area contributed by atoms with E-state index in [-0.39, 0.29) is 34.5 Å². The summed E-state index contributed by atoms with van der Waals surface area (Å²) in [5.74, 6) is -1.08. The quantitative estimate of drug-likeness (QED) is 0.841. The van der Waals surface area contributed by atoms with Crippen LogP contribution in [0.5, 0.6) is 5.75 Å². The molecule has 0 heterocycles. The summed E-state index contributed by atoms with van der Waals surface area (Å²) in [4.78, 5) is 12.1. The Balaban J connectivity index is 2.18. The van der Waals surface area contributed by atoms with Crippen LogP contribution in [0.25, 0.3) is 5.57 Å². The number of rotatable bonds is 1. The molecule has 0 amide bonds. The van der Waals surface area contributed by atoms with Gasteiger partial charge in [-0.2, -0.15) is 5.26 Å². The number of benzene rings is 1. The van der Waals surface area contributed by atoms with Crippen molar-refractivity contribution in [3.8, 4) is 11.8 Å². The number of ketones is 1. The lowest BCUT2D eigenvalue weighted by atomic mass is 9.89. The van der Waals surface area contributed by atoms with Gasteiger partial charge in [0.15, 0.2) is 5.78 Å². The molecule has 1 saturated carbocycles. The van der Waals surface area contributed by atoms with E-state index in [1.807, 2.05) is 6.07 Å². The van der Waals surface area contributed by atoms with Crippen molar-refractivity contribution in [3.05, 3.63) is 35.2 Å². The van der Waals surface area contributed by atoms with Crippen molar-refractivity contribution in [1.29, 1.82) is 5.26 Å². The van der Waals surface area contributed by atoms with Crippen LogP contribution >= 0.6 is 0 Å². The van der Waals surface area contributed by atoms with E-state index in [1.54, 1.807) is 0 Å². The maximum atomic E-state index is 14.0. The van der Waals surface area contributed by atoms with E-state index in [0.717, 1.165) is 25.3 Å². The zero-order valence-electron chi connectivity index (χ0n) is 10.2. The highest BCUT2D eigenvalue weighted by atomic mass is 19.1. The number of Topliss-reactive ketones (excluding diaryl/α,β-unsaturated/α-hetero) is 1. The van der Waals surface area contributed by atoms with E-state index < -0.39 is 5.82 Å². The number of nitrogens with zero attached hydrogens (tertiary/aromatic N) is 1. The van der Waals surface area contributed by atoms with Gasteiger partial charge < -0.3 is 5.11 Å². The van der Waals surface area contributed by atoms with Crippen LogP contribution in [0, 0.1) is 29.0 Å². The third-order valence-electron chi connectivity index (χ3n) is 4.09. The normalized spacial score (nSPS) is 25.6. The van der Waals surface area contributed by atoms with Crippen molar-refractivity contribution in [2.45, 2.75) is 19.3 Å². The predicted molar refractivity (Wildman–Crippen MR) is 66.4 cm³/mol. The number of carbonyl (C=O) groups excluding carboxylic acids is 1. The number of nitriles is 1. The number of allylic oxidation sites excluding steroid dienone is 2. The lowest BCUT2D eigenvalue weighted by Gasteiger charge is -2.14. The summed E-state index contributed by atoms with van der Waals surface area (Å²) >= 11 is 0. The van der Waals surface area contributed by atoms with Crippen LogP contribution in [0.15, 0.2) is 23.8 Å². The molecule has 3 nitrogen and oxygen atoms in total. The van der Waals surface area contributed by atoms with Gasteiger partial charge in [0.2, 0.25) is 0 Å². The van der Waals surface area contributed by atoms with Gasteiger partial charge in [-0.25, -0.2) is 4.39 Å². The van der Waals surface area contributed by atoms with Crippen molar-refractivity contribution in [2.75, 3.05) is 0 Å². The highest BCUT2D eigenvalue weighted by Gasteiger charge is 2.45. The largest absolute Gasteiger partial charge is 0.508 e. The summed E-state index contributed by atoms with van der Waals surface area (Å²) in [7, 11) is 0. The minimum atomic E-state index is -0.580. The average molecular weight is 257 g/mol. The van der Waals surface area contributed by atoms with E-state index in [4.69, 9.17) is 5.26 Å². The van der Waals surface area contributed by atoms with E-state index >= 15 is 0 Å². The zero-order valence-corrected chi connectivity index (χ0v) is 10.2. The Hall–Kier alpha value is -2.15.